The number of hydrogen-bond donors (Lipinski definition) is 0. The fraction of sp³-hybridized carbons (Fsp3) is 0.0741. The highest BCUT2D eigenvalue weighted by atomic mass is 28.3. The van der Waals surface area contributed by atoms with Crippen LogP contribution in [-0.2, 0) is 5.41 Å². The van der Waals surface area contributed by atoms with Gasteiger partial charge in [-0.25, -0.2) is 4.39 Å². The van der Waals surface area contributed by atoms with Crippen molar-refractivity contribution in [1.82, 2.24) is 0 Å². The summed E-state index contributed by atoms with van der Waals surface area (Å²) in [7, 11) is -1.57. The van der Waals surface area contributed by atoms with E-state index in [9.17, 15) is 4.39 Å². The van der Waals surface area contributed by atoms with Crippen molar-refractivity contribution in [3.8, 4) is 11.1 Å². The van der Waals surface area contributed by atoms with Crippen LogP contribution in [0.3, 0.4) is 0 Å². The van der Waals surface area contributed by atoms with E-state index < -0.39 is 13.5 Å². The summed E-state index contributed by atoms with van der Waals surface area (Å²) in [6.07, 6.45) is 0. The average Bonchev–Trinajstić information content (AvgIpc) is 3.56. The molecule has 11 rings (SSSR count). The molecular formula is C54H41FN2Si. The minimum Gasteiger partial charge on any atom is -0.310 e. The Bertz CT molecular complexity index is 3010. The number of benzene rings is 9. The molecular weight excluding hydrogens is 724 g/mol. The van der Waals surface area contributed by atoms with Gasteiger partial charge in [-0.3, -0.25) is 0 Å². The Morgan fingerprint density at radius 1 is 0.466 bits per heavy atom. The van der Waals surface area contributed by atoms with Crippen molar-refractivity contribution in [2.75, 3.05) is 9.80 Å². The van der Waals surface area contributed by atoms with E-state index in [0.29, 0.717) is 0 Å². The molecule has 0 unspecified atom stereocenters. The summed E-state index contributed by atoms with van der Waals surface area (Å²) in [4.78, 5) is 4.77. The van der Waals surface area contributed by atoms with Crippen molar-refractivity contribution in [1.29, 1.82) is 0 Å². The summed E-state index contributed by atoms with van der Waals surface area (Å²) in [5, 5.41) is 6.19. The lowest BCUT2D eigenvalue weighted by Gasteiger charge is -2.45. The molecule has 0 aromatic heterocycles. The number of anilines is 6. The lowest BCUT2D eigenvalue weighted by atomic mass is 9.64. The number of hydrogen-bond acceptors (Lipinski definition) is 2. The predicted molar refractivity (Wildman–Crippen MR) is 245 cm³/mol. The Balaban J connectivity index is 1.30. The quantitative estimate of drug-likeness (QED) is 0.161. The summed E-state index contributed by atoms with van der Waals surface area (Å²) in [5.74, 6) is -0.253. The van der Waals surface area contributed by atoms with Crippen LogP contribution in [0.15, 0.2) is 194 Å². The van der Waals surface area contributed by atoms with Crippen LogP contribution < -0.4 is 15.0 Å². The average molecular weight is 765 g/mol. The monoisotopic (exact) mass is 764 g/mol. The number of nitrogens with zero attached hydrogens (tertiary/aromatic N) is 2. The second-order valence-electron chi connectivity index (χ2n) is 16.6. The molecule has 278 valence electrons. The molecule has 1 aliphatic heterocycles. The van der Waals surface area contributed by atoms with Crippen molar-refractivity contribution in [2.45, 2.75) is 25.1 Å². The fourth-order valence-electron chi connectivity index (χ4n) is 9.91. The Kier molecular flexibility index (Phi) is 7.66. The first kappa shape index (κ1) is 34.5. The van der Waals surface area contributed by atoms with Crippen LogP contribution in [0.2, 0.25) is 19.6 Å². The number of halogens is 1. The van der Waals surface area contributed by atoms with Gasteiger partial charge in [0.05, 0.1) is 30.6 Å². The number of rotatable bonds is 5. The molecule has 2 nitrogen and oxygen atoms in total. The third kappa shape index (κ3) is 4.95. The van der Waals surface area contributed by atoms with Gasteiger partial charge in [-0.15, -0.1) is 0 Å². The van der Waals surface area contributed by atoms with Crippen molar-refractivity contribution in [2.24, 2.45) is 0 Å². The van der Waals surface area contributed by atoms with Gasteiger partial charge in [0.1, 0.15) is 5.82 Å². The summed E-state index contributed by atoms with van der Waals surface area (Å²) in [5.41, 5.74) is 13.3. The third-order valence-electron chi connectivity index (χ3n) is 12.4. The van der Waals surface area contributed by atoms with Crippen molar-refractivity contribution in [3.63, 3.8) is 0 Å². The zero-order valence-electron chi connectivity index (χ0n) is 32.7. The van der Waals surface area contributed by atoms with E-state index in [-0.39, 0.29) is 5.82 Å². The Morgan fingerprint density at radius 3 is 1.66 bits per heavy atom. The van der Waals surface area contributed by atoms with Gasteiger partial charge in [0.2, 0.25) is 0 Å². The molecule has 0 amide bonds. The van der Waals surface area contributed by atoms with Crippen LogP contribution in [0.25, 0.3) is 32.7 Å². The zero-order chi connectivity index (χ0) is 39.2. The Hall–Kier alpha value is -6.75. The molecule has 0 bridgehead atoms. The Morgan fingerprint density at radius 2 is 1.00 bits per heavy atom. The molecule has 4 heteroatoms. The van der Waals surface area contributed by atoms with Gasteiger partial charge in [-0.05, 0) is 116 Å². The molecule has 0 atom stereocenters. The zero-order valence-corrected chi connectivity index (χ0v) is 33.7. The normalized spacial score (nSPS) is 13.6. The standard InChI is InChI=1S/C54H41FN2Si/c1-58(2,3)41-32-30-40(31-33-41)56(39-28-26-37(55)27-29-39)51-35-48-53(44-20-10-9-19-43(44)51)52-42-18-8-7-15-36(42)25-34-47(52)54(48)45-21-11-13-23-49(45)57(38-16-5-4-6-17-38)50-24-14-12-22-46(50)54/h4-35H,1-3H3. The lowest BCUT2D eigenvalue weighted by Crippen LogP contribution is -2.37. The van der Waals surface area contributed by atoms with Crippen LogP contribution in [0.4, 0.5) is 38.5 Å². The topological polar surface area (TPSA) is 6.48 Å². The molecule has 0 saturated heterocycles. The molecule has 9 aromatic rings. The van der Waals surface area contributed by atoms with Crippen molar-refractivity contribution in [3.05, 3.63) is 222 Å². The van der Waals surface area contributed by atoms with Gasteiger partial charge < -0.3 is 9.80 Å². The van der Waals surface area contributed by atoms with Crippen LogP contribution in [0.1, 0.15) is 22.3 Å². The van der Waals surface area contributed by atoms with Crippen molar-refractivity contribution >= 4 is 68.9 Å². The molecule has 1 aliphatic carbocycles. The fourth-order valence-corrected chi connectivity index (χ4v) is 11.1. The SMILES string of the molecule is C[Si](C)(C)c1ccc(N(c2ccc(F)cc2)c2cc3c(c4ccccc24)-c2c(ccc4ccccc24)C32c3ccccc3N(c3ccccc3)c3ccccc32)cc1. The molecule has 0 saturated carbocycles. The molecule has 2 aliphatic rings. The molecule has 0 N–H and O–H groups in total. The van der Waals surface area contributed by atoms with Gasteiger partial charge in [0.15, 0.2) is 0 Å². The highest BCUT2D eigenvalue weighted by molar-refractivity contribution is 6.88. The minimum absolute atomic E-state index is 0.253. The van der Waals surface area contributed by atoms with Crippen LogP contribution >= 0.6 is 0 Å². The molecule has 0 fully saturated rings. The summed E-state index contributed by atoms with van der Waals surface area (Å²) in [6.45, 7) is 7.15. The maximum Gasteiger partial charge on any atom is 0.123 e. The van der Waals surface area contributed by atoms with Crippen LogP contribution in [-0.4, -0.2) is 8.07 Å². The lowest BCUT2D eigenvalue weighted by molar-refractivity contribution is 0.628. The predicted octanol–water partition coefficient (Wildman–Crippen LogP) is 14.3. The summed E-state index contributed by atoms with van der Waals surface area (Å²) >= 11 is 0. The van der Waals surface area contributed by atoms with Crippen LogP contribution in [0.5, 0.6) is 0 Å². The highest BCUT2D eigenvalue weighted by Crippen LogP contribution is 2.66. The maximum atomic E-state index is 14.7. The third-order valence-corrected chi connectivity index (χ3v) is 14.5. The van der Waals surface area contributed by atoms with E-state index in [1.807, 2.05) is 12.1 Å². The largest absolute Gasteiger partial charge is 0.310 e. The smallest absolute Gasteiger partial charge is 0.123 e. The van der Waals surface area contributed by atoms with E-state index in [1.165, 1.54) is 54.7 Å². The van der Waals surface area contributed by atoms with E-state index in [0.717, 1.165) is 39.5 Å². The van der Waals surface area contributed by atoms with Crippen molar-refractivity contribution < 1.29 is 4.39 Å². The number of para-hydroxylation sites is 3. The molecule has 9 aromatic carbocycles. The van der Waals surface area contributed by atoms with Gasteiger partial charge >= 0.3 is 0 Å². The van der Waals surface area contributed by atoms with Gasteiger partial charge in [0.25, 0.3) is 0 Å². The number of fused-ring (bicyclic) bond motifs is 13. The van der Waals surface area contributed by atoms with E-state index in [1.54, 1.807) is 12.1 Å². The summed E-state index contributed by atoms with van der Waals surface area (Å²) < 4.78 is 14.7. The van der Waals surface area contributed by atoms with E-state index >= 15 is 0 Å². The molecule has 1 spiro atoms. The Labute approximate surface area is 340 Å². The first-order valence-corrected chi connectivity index (χ1v) is 23.6. The van der Waals surface area contributed by atoms with E-state index in [4.69, 9.17) is 0 Å². The molecule has 58 heavy (non-hydrogen) atoms. The minimum atomic E-state index is -1.57. The second-order valence-corrected chi connectivity index (χ2v) is 21.7. The first-order chi connectivity index (χ1) is 28.3. The van der Waals surface area contributed by atoms with Gasteiger partial charge in [0, 0.05) is 22.4 Å². The molecule has 0 radical (unpaired) electrons. The maximum absolute atomic E-state index is 14.7. The molecule has 1 heterocycles. The second kappa shape index (κ2) is 12.9. The van der Waals surface area contributed by atoms with Gasteiger partial charge in [-0.2, -0.15) is 0 Å². The van der Waals surface area contributed by atoms with Crippen LogP contribution in [0, 0.1) is 5.82 Å². The van der Waals surface area contributed by atoms with E-state index in [2.05, 4.69) is 199 Å². The highest BCUT2D eigenvalue weighted by Gasteiger charge is 2.53. The van der Waals surface area contributed by atoms with Gasteiger partial charge in [-0.1, -0.05) is 152 Å². The first-order valence-electron chi connectivity index (χ1n) is 20.1. The summed E-state index contributed by atoms with van der Waals surface area (Å²) in [6, 6.07) is 69.6.